The number of pyridine rings is 1. The van der Waals surface area contributed by atoms with Crippen LogP contribution in [-0.4, -0.2) is 4.98 Å². The van der Waals surface area contributed by atoms with E-state index in [1.807, 2.05) is 19.9 Å². The molecule has 2 nitrogen and oxygen atoms in total. The average Bonchev–Trinajstić information content (AvgIpc) is 2.37. The maximum Gasteiger partial charge on any atom is 0.416 e. The number of halogens is 3. The van der Waals surface area contributed by atoms with Gasteiger partial charge in [-0.3, -0.25) is 0 Å². The molecule has 0 aliphatic heterocycles. The van der Waals surface area contributed by atoms with Gasteiger partial charge in [-0.15, -0.1) is 0 Å². The predicted octanol–water partition coefficient (Wildman–Crippen LogP) is 4.76. The van der Waals surface area contributed by atoms with Gasteiger partial charge in [0.1, 0.15) is 5.75 Å². The first kappa shape index (κ1) is 14.4. The van der Waals surface area contributed by atoms with Crippen molar-refractivity contribution in [3.63, 3.8) is 0 Å². The molecule has 0 spiro atoms. The summed E-state index contributed by atoms with van der Waals surface area (Å²) in [5.74, 6) is 0.722. The number of ether oxygens (including phenoxy) is 1. The highest BCUT2D eigenvalue weighted by molar-refractivity contribution is 5.33. The van der Waals surface area contributed by atoms with Crippen LogP contribution in [0.25, 0.3) is 0 Å². The van der Waals surface area contributed by atoms with Gasteiger partial charge in [-0.05, 0) is 49.2 Å². The molecule has 0 unspecified atom stereocenters. The van der Waals surface area contributed by atoms with Gasteiger partial charge in [-0.25, -0.2) is 4.98 Å². The molecule has 2 rings (SSSR count). The van der Waals surface area contributed by atoms with Crippen molar-refractivity contribution in [2.24, 2.45) is 0 Å². The van der Waals surface area contributed by atoms with Crippen LogP contribution in [0.1, 0.15) is 23.7 Å². The molecule has 2 aromatic rings. The molecule has 0 fully saturated rings. The summed E-state index contributed by atoms with van der Waals surface area (Å²) >= 11 is 0. The Morgan fingerprint density at radius 3 is 2.30 bits per heavy atom. The fraction of sp³-hybridized carbons (Fsp3) is 0.267. The molecule has 5 heteroatoms. The van der Waals surface area contributed by atoms with E-state index in [0.29, 0.717) is 11.6 Å². The van der Waals surface area contributed by atoms with Gasteiger partial charge in [0.05, 0.1) is 5.56 Å². The second kappa shape index (κ2) is 5.53. The van der Waals surface area contributed by atoms with Crippen LogP contribution < -0.4 is 4.74 Å². The van der Waals surface area contributed by atoms with Crippen LogP contribution in [0.4, 0.5) is 13.2 Å². The topological polar surface area (TPSA) is 22.1 Å². The number of nitrogens with zero attached hydrogens (tertiary/aromatic N) is 1. The minimum absolute atomic E-state index is 0.332. The fourth-order valence-electron chi connectivity index (χ4n) is 1.80. The van der Waals surface area contributed by atoms with Gasteiger partial charge < -0.3 is 4.74 Å². The number of hydrogen-bond donors (Lipinski definition) is 0. The Morgan fingerprint density at radius 2 is 1.75 bits per heavy atom. The van der Waals surface area contributed by atoms with Crippen molar-refractivity contribution in [3.8, 4) is 11.6 Å². The highest BCUT2D eigenvalue weighted by Gasteiger charge is 2.30. The third-order valence-electron chi connectivity index (χ3n) is 2.80. The minimum Gasteiger partial charge on any atom is -0.439 e. The normalized spacial score (nSPS) is 11.4. The molecule has 0 atom stereocenters. The van der Waals surface area contributed by atoms with Gasteiger partial charge in [0.15, 0.2) is 0 Å². The van der Waals surface area contributed by atoms with Crippen LogP contribution in [0.2, 0.25) is 0 Å². The molecule has 0 aliphatic carbocycles. The van der Waals surface area contributed by atoms with Gasteiger partial charge in [0, 0.05) is 11.8 Å². The van der Waals surface area contributed by atoms with E-state index in [4.69, 9.17) is 4.74 Å². The lowest BCUT2D eigenvalue weighted by Gasteiger charge is -2.09. The molecule has 1 aromatic heterocycles. The highest BCUT2D eigenvalue weighted by atomic mass is 19.4. The summed E-state index contributed by atoms with van der Waals surface area (Å²) in [6.45, 7) is 3.86. The van der Waals surface area contributed by atoms with Crippen LogP contribution in [0.15, 0.2) is 36.4 Å². The Kier molecular flexibility index (Phi) is 3.97. The molecule has 0 saturated heterocycles. The zero-order valence-electron chi connectivity index (χ0n) is 11.2. The van der Waals surface area contributed by atoms with E-state index in [-0.39, 0.29) is 0 Å². The van der Waals surface area contributed by atoms with Gasteiger partial charge in [-0.1, -0.05) is 6.92 Å². The molecule has 0 aliphatic rings. The molecule has 106 valence electrons. The summed E-state index contributed by atoms with van der Waals surface area (Å²) in [6, 6.07) is 8.29. The summed E-state index contributed by atoms with van der Waals surface area (Å²) in [5, 5.41) is 0. The van der Waals surface area contributed by atoms with Gasteiger partial charge in [0.2, 0.25) is 5.88 Å². The number of aromatic nitrogens is 1. The molecule has 0 N–H and O–H groups in total. The van der Waals surface area contributed by atoms with E-state index in [1.165, 1.54) is 12.1 Å². The van der Waals surface area contributed by atoms with Crippen LogP contribution in [0, 0.1) is 6.92 Å². The molecule has 0 saturated carbocycles. The van der Waals surface area contributed by atoms with Crippen molar-refractivity contribution in [2.45, 2.75) is 26.4 Å². The Hall–Kier alpha value is -2.04. The molecule has 0 bridgehead atoms. The lowest BCUT2D eigenvalue weighted by Crippen LogP contribution is -2.04. The summed E-state index contributed by atoms with van der Waals surface area (Å²) in [6.07, 6.45) is -3.50. The van der Waals surface area contributed by atoms with Crippen molar-refractivity contribution in [1.82, 2.24) is 4.98 Å². The third-order valence-corrected chi connectivity index (χ3v) is 2.80. The Balaban J connectivity index is 2.20. The Bertz CT molecular complexity index is 591. The van der Waals surface area contributed by atoms with Crippen LogP contribution >= 0.6 is 0 Å². The second-order valence-corrected chi connectivity index (χ2v) is 4.43. The summed E-state index contributed by atoms with van der Waals surface area (Å²) in [4.78, 5) is 4.20. The van der Waals surface area contributed by atoms with Gasteiger partial charge in [0.25, 0.3) is 0 Å². The summed E-state index contributed by atoms with van der Waals surface area (Å²) < 4.78 is 42.8. The van der Waals surface area contributed by atoms with Crippen molar-refractivity contribution >= 4 is 0 Å². The largest absolute Gasteiger partial charge is 0.439 e. The highest BCUT2D eigenvalue weighted by Crippen LogP contribution is 2.31. The third kappa shape index (κ3) is 3.50. The van der Waals surface area contributed by atoms with Crippen molar-refractivity contribution in [3.05, 3.63) is 53.2 Å². The number of rotatable bonds is 3. The van der Waals surface area contributed by atoms with Gasteiger partial charge >= 0.3 is 6.18 Å². The van der Waals surface area contributed by atoms with E-state index in [1.54, 1.807) is 6.07 Å². The molecular weight excluding hydrogens is 267 g/mol. The van der Waals surface area contributed by atoms with Crippen molar-refractivity contribution < 1.29 is 17.9 Å². The first-order valence-corrected chi connectivity index (χ1v) is 6.21. The minimum atomic E-state index is -4.34. The average molecular weight is 281 g/mol. The monoisotopic (exact) mass is 281 g/mol. The van der Waals surface area contributed by atoms with E-state index >= 15 is 0 Å². The van der Waals surface area contributed by atoms with E-state index in [9.17, 15) is 13.2 Å². The standard InChI is InChI=1S/C15H14F3NO/c1-3-11-8-10(2)19-14(9-11)20-13-6-4-12(5-7-13)15(16,17)18/h4-9H,3H2,1-2H3. The van der Waals surface area contributed by atoms with E-state index in [2.05, 4.69) is 4.98 Å². The van der Waals surface area contributed by atoms with Crippen LogP contribution in [-0.2, 0) is 12.6 Å². The van der Waals surface area contributed by atoms with Gasteiger partial charge in [-0.2, -0.15) is 13.2 Å². The first-order valence-electron chi connectivity index (χ1n) is 6.21. The lowest BCUT2D eigenvalue weighted by atomic mass is 10.2. The first-order chi connectivity index (χ1) is 9.38. The van der Waals surface area contributed by atoms with E-state index in [0.717, 1.165) is 29.8 Å². The van der Waals surface area contributed by atoms with E-state index < -0.39 is 11.7 Å². The van der Waals surface area contributed by atoms with Crippen molar-refractivity contribution in [1.29, 1.82) is 0 Å². The number of aryl methyl sites for hydroxylation is 2. The molecule has 0 amide bonds. The zero-order valence-corrected chi connectivity index (χ0v) is 11.2. The predicted molar refractivity (Wildman–Crippen MR) is 69.9 cm³/mol. The summed E-state index contributed by atoms with van der Waals surface area (Å²) in [7, 11) is 0. The molecule has 0 radical (unpaired) electrons. The number of benzene rings is 1. The number of alkyl halides is 3. The molecule has 20 heavy (non-hydrogen) atoms. The van der Waals surface area contributed by atoms with Crippen molar-refractivity contribution in [2.75, 3.05) is 0 Å². The maximum atomic E-state index is 12.4. The second-order valence-electron chi connectivity index (χ2n) is 4.43. The number of hydrogen-bond acceptors (Lipinski definition) is 2. The molecule has 1 aromatic carbocycles. The Morgan fingerprint density at radius 1 is 1.10 bits per heavy atom. The quantitative estimate of drug-likeness (QED) is 0.809. The SMILES string of the molecule is CCc1cc(C)nc(Oc2ccc(C(F)(F)F)cc2)c1. The fourth-order valence-corrected chi connectivity index (χ4v) is 1.80. The van der Waals surface area contributed by atoms with Crippen LogP contribution in [0.3, 0.4) is 0 Å². The summed E-state index contributed by atoms with van der Waals surface area (Å²) in [5.41, 5.74) is 1.18. The van der Waals surface area contributed by atoms with Crippen LogP contribution in [0.5, 0.6) is 11.6 Å². The lowest BCUT2D eigenvalue weighted by molar-refractivity contribution is -0.137. The smallest absolute Gasteiger partial charge is 0.416 e. The molecule has 1 heterocycles. The molecular formula is C15H14F3NO. The maximum absolute atomic E-state index is 12.4. The Labute approximate surface area is 115 Å². The zero-order chi connectivity index (χ0) is 14.8.